The monoisotopic (exact) mass is 329 g/mol. The molecule has 0 amide bonds. The Morgan fingerprint density at radius 1 is 1.25 bits per heavy atom. The van der Waals surface area contributed by atoms with Crippen LogP contribution in [0.1, 0.15) is 6.42 Å². The molecule has 0 fully saturated rings. The van der Waals surface area contributed by atoms with Gasteiger partial charge in [0.25, 0.3) is 0 Å². The van der Waals surface area contributed by atoms with E-state index >= 15 is 0 Å². The molecule has 0 bridgehead atoms. The van der Waals surface area contributed by atoms with Gasteiger partial charge in [0.05, 0.1) is 12.8 Å². The molecule has 5 heteroatoms. The third kappa shape index (κ3) is 3.48. The zero-order chi connectivity index (χ0) is 11.2. The summed E-state index contributed by atoms with van der Waals surface area (Å²) in [5, 5.41) is 7.62. The first kappa shape index (κ1) is 11.4. The van der Waals surface area contributed by atoms with Crippen molar-refractivity contribution in [1.82, 2.24) is 15.0 Å². The summed E-state index contributed by atoms with van der Waals surface area (Å²) in [7, 11) is 0. The van der Waals surface area contributed by atoms with Gasteiger partial charge in [-0.25, -0.2) is 0 Å². The molecule has 1 heterocycles. The van der Waals surface area contributed by atoms with E-state index in [0.717, 1.165) is 18.7 Å². The fourth-order valence-electron chi connectivity index (χ4n) is 1.30. The van der Waals surface area contributed by atoms with Crippen LogP contribution in [0.15, 0.2) is 36.7 Å². The molecule has 0 aliphatic rings. The molecule has 0 aliphatic heterocycles. The molecule has 1 aromatic heterocycles. The maximum atomic E-state index is 5.59. The number of hydrogen-bond donors (Lipinski definition) is 0. The molecule has 0 saturated heterocycles. The van der Waals surface area contributed by atoms with Crippen LogP contribution in [0.25, 0.3) is 0 Å². The lowest BCUT2D eigenvalue weighted by Gasteiger charge is -2.05. The second-order valence-corrected chi connectivity index (χ2v) is 4.57. The van der Waals surface area contributed by atoms with Crippen molar-refractivity contribution in [3.8, 4) is 5.75 Å². The highest BCUT2D eigenvalue weighted by Gasteiger charge is 1.95. The number of ether oxygens (including phenoxy) is 1. The minimum atomic E-state index is 0.695. The molecule has 0 aliphatic carbocycles. The summed E-state index contributed by atoms with van der Waals surface area (Å²) < 4.78 is 8.61. The van der Waals surface area contributed by atoms with Gasteiger partial charge in [-0.3, -0.25) is 4.68 Å². The van der Waals surface area contributed by atoms with E-state index in [1.54, 1.807) is 10.9 Å². The molecule has 0 atom stereocenters. The minimum absolute atomic E-state index is 0.695. The van der Waals surface area contributed by atoms with Crippen molar-refractivity contribution in [3.05, 3.63) is 40.2 Å². The second-order valence-electron chi connectivity index (χ2n) is 3.32. The van der Waals surface area contributed by atoms with E-state index in [9.17, 15) is 0 Å². The average Bonchev–Trinajstić information content (AvgIpc) is 2.80. The number of aromatic nitrogens is 3. The van der Waals surface area contributed by atoms with Gasteiger partial charge in [0.2, 0.25) is 0 Å². The van der Waals surface area contributed by atoms with Gasteiger partial charge in [0.15, 0.2) is 0 Å². The van der Waals surface area contributed by atoms with Crippen molar-refractivity contribution in [2.45, 2.75) is 13.0 Å². The van der Waals surface area contributed by atoms with Crippen molar-refractivity contribution in [2.75, 3.05) is 6.61 Å². The Hall–Kier alpha value is -1.11. The first-order valence-electron chi connectivity index (χ1n) is 5.07. The number of aryl methyl sites for hydroxylation is 1. The van der Waals surface area contributed by atoms with Gasteiger partial charge in [-0.05, 0) is 46.9 Å². The maximum Gasteiger partial charge on any atom is 0.119 e. The summed E-state index contributed by atoms with van der Waals surface area (Å²) in [5.41, 5.74) is 0. The predicted molar refractivity (Wildman–Crippen MR) is 69.3 cm³/mol. The second kappa shape index (κ2) is 5.83. The van der Waals surface area contributed by atoms with Crippen LogP contribution < -0.4 is 4.74 Å². The van der Waals surface area contributed by atoms with E-state index in [1.807, 2.05) is 30.5 Å². The van der Waals surface area contributed by atoms with Crippen molar-refractivity contribution in [3.63, 3.8) is 0 Å². The van der Waals surface area contributed by atoms with Crippen molar-refractivity contribution >= 4 is 22.6 Å². The van der Waals surface area contributed by atoms with Gasteiger partial charge in [-0.15, -0.1) is 5.10 Å². The van der Waals surface area contributed by atoms with Crippen LogP contribution in [0.5, 0.6) is 5.75 Å². The van der Waals surface area contributed by atoms with E-state index in [2.05, 4.69) is 32.9 Å². The summed E-state index contributed by atoms with van der Waals surface area (Å²) in [6.07, 6.45) is 4.46. The van der Waals surface area contributed by atoms with Gasteiger partial charge in [-0.1, -0.05) is 5.21 Å². The number of benzene rings is 1. The Morgan fingerprint density at radius 2 is 2.06 bits per heavy atom. The SMILES string of the molecule is Ic1ccc(OCCCn2ccnn2)cc1. The lowest BCUT2D eigenvalue weighted by Crippen LogP contribution is -2.05. The van der Waals surface area contributed by atoms with E-state index in [4.69, 9.17) is 4.74 Å². The zero-order valence-electron chi connectivity index (χ0n) is 8.71. The van der Waals surface area contributed by atoms with Crippen LogP contribution in [0.4, 0.5) is 0 Å². The molecule has 0 saturated carbocycles. The first-order chi connectivity index (χ1) is 7.84. The highest BCUT2D eigenvalue weighted by Crippen LogP contribution is 2.13. The Kier molecular flexibility index (Phi) is 4.15. The van der Waals surface area contributed by atoms with Crippen molar-refractivity contribution < 1.29 is 4.74 Å². The zero-order valence-corrected chi connectivity index (χ0v) is 10.9. The highest BCUT2D eigenvalue weighted by atomic mass is 127. The summed E-state index contributed by atoms with van der Waals surface area (Å²) in [6.45, 7) is 1.53. The van der Waals surface area contributed by atoms with E-state index < -0.39 is 0 Å². The molecule has 1 aromatic carbocycles. The van der Waals surface area contributed by atoms with E-state index in [0.29, 0.717) is 6.61 Å². The molecular formula is C11H12IN3O. The Labute approximate surface area is 108 Å². The fraction of sp³-hybridized carbons (Fsp3) is 0.273. The Bertz CT molecular complexity index is 413. The fourth-order valence-corrected chi connectivity index (χ4v) is 1.66. The summed E-state index contributed by atoms with van der Waals surface area (Å²) >= 11 is 2.27. The standard InChI is InChI=1S/C11H12IN3O/c12-10-2-4-11(5-3-10)16-9-1-7-15-8-6-13-14-15/h2-6,8H,1,7,9H2. The largest absolute Gasteiger partial charge is 0.494 e. The topological polar surface area (TPSA) is 39.9 Å². The molecule has 4 nitrogen and oxygen atoms in total. The third-order valence-electron chi connectivity index (χ3n) is 2.09. The lowest BCUT2D eigenvalue weighted by atomic mass is 10.3. The average molecular weight is 329 g/mol. The molecule has 16 heavy (non-hydrogen) atoms. The van der Waals surface area contributed by atoms with Crippen LogP contribution in [0.3, 0.4) is 0 Å². The number of rotatable bonds is 5. The molecule has 0 radical (unpaired) electrons. The first-order valence-corrected chi connectivity index (χ1v) is 6.15. The van der Waals surface area contributed by atoms with Crippen LogP contribution in [-0.2, 0) is 6.54 Å². The molecule has 84 valence electrons. The van der Waals surface area contributed by atoms with E-state index in [1.165, 1.54) is 3.57 Å². The number of halogens is 1. The third-order valence-corrected chi connectivity index (χ3v) is 2.81. The number of hydrogen-bond acceptors (Lipinski definition) is 3. The minimum Gasteiger partial charge on any atom is -0.494 e. The maximum absolute atomic E-state index is 5.59. The van der Waals surface area contributed by atoms with Gasteiger partial charge < -0.3 is 4.74 Å². The summed E-state index contributed by atoms with van der Waals surface area (Å²) in [5.74, 6) is 0.916. The molecule has 0 unspecified atom stereocenters. The van der Waals surface area contributed by atoms with Crippen LogP contribution in [0, 0.1) is 3.57 Å². The van der Waals surface area contributed by atoms with Gasteiger partial charge in [-0.2, -0.15) is 0 Å². The van der Waals surface area contributed by atoms with Gasteiger partial charge >= 0.3 is 0 Å². The normalized spacial score (nSPS) is 10.3. The van der Waals surface area contributed by atoms with E-state index in [-0.39, 0.29) is 0 Å². The smallest absolute Gasteiger partial charge is 0.119 e. The molecule has 2 rings (SSSR count). The Balaban J connectivity index is 1.70. The van der Waals surface area contributed by atoms with Gasteiger partial charge in [0.1, 0.15) is 5.75 Å². The summed E-state index contributed by atoms with van der Waals surface area (Å²) in [6, 6.07) is 8.04. The van der Waals surface area contributed by atoms with Gasteiger partial charge in [0, 0.05) is 22.7 Å². The van der Waals surface area contributed by atoms with Crippen LogP contribution in [-0.4, -0.2) is 21.6 Å². The predicted octanol–water partition coefficient (Wildman–Crippen LogP) is 2.35. The number of nitrogens with zero attached hydrogens (tertiary/aromatic N) is 3. The summed E-state index contributed by atoms with van der Waals surface area (Å²) in [4.78, 5) is 0. The van der Waals surface area contributed by atoms with Crippen molar-refractivity contribution in [1.29, 1.82) is 0 Å². The van der Waals surface area contributed by atoms with Crippen LogP contribution in [0.2, 0.25) is 0 Å². The van der Waals surface area contributed by atoms with Crippen LogP contribution >= 0.6 is 22.6 Å². The molecule has 0 N–H and O–H groups in total. The molecular weight excluding hydrogens is 317 g/mol. The molecule has 0 spiro atoms. The Morgan fingerprint density at radius 3 is 2.75 bits per heavy atom. The quantitative estimate of drug-likeness (QED) is 0.624. The molecule has 2 aromatic rings. The van der Waals surface area contributed by atoms with Crippen molar-refractivity contribution in [2.24, 2.45) is 0 Å². The lowest BCUT2D eigenvalue weighted by molar-refractivity contribution is 0.298. The highest BCUT2D eigenvalue weighted by molar-refractivity contribution is 14.1.